The van der Waals surface area contributed by atoms with Gasteiger partial charge in [0.15, 0.2) is 5.17 Å². The average molecular weight is 329 g/mol. The normalized spacial score (nSPS) is 19.6. The minimum Gasteiger partial charge on any atom is -0.372 e. The molecule has 23 heavy (non-hydrogen) atoms. The Morgan fingerprint density at radius 1 is 1.17 bits per heavy atom. The quantitative estimate of drug-likeness (QED) is 0.791. The SMILES string of the molecule is CCN(CC)c1ccc(/C=C2\SC(N3CCCC3)=NC2=O)cc1. The van der Waals surface area contributed by atoms with Gasteiger partial charge in [0.05, 0.1) is 4.91 Å². The number of amidine groups is 1. The van der Waals surface area contributed by atoms with Gasteiger partial charge < -0.3 is 9.80 Å². The standard InChI is InChI=1S/C18H23N3OS/c1-3-20(4-2)15-9-7-14(8-10-15)13-16-17(22)19-18(23-16)21-11-5-6-12-21/h7-10,13H,3-6,11-12H2,1-2H3/b16-13-. The van der Waals surface area contributed by atoms with E-state index in [4.69, 9.17) is 0 Å². The van der Waals surface area contributed by atoms with Crippen LogP contribution in [0.15, 0.2) is 34.2 Å². The molecule has 0 spiro atoms. The number of benzene rings is 1. The van der Waals surface area contributed by atoms with Crippen LogP contribution in [0.3, 0.4) is 0 Å². The Hall–Kier alpha value is -1.75. The zero-order valence-electron chi connectivity index (χ0n) is 13.8. The van der Waals surface area contributed by atoms with Gasteiger partial charge in [0.1, 0.15) is 0 Å². The Balaban J connectivity index is 1.71. The molecule has 2 heterocycles. The molecule has 1 fully saturated rings. The molecule has 0 aliphatic carbocycles. The van der Waals surface area contributed by atoms with Crippen molar-refractivity contribution in [2.24, 2.45) is 4.99 Å². The zero-order chi connectivity index (χ0) is 16.2. The largest absolute Gasteiger partial charge is 0.372 e. The molecule has 1 saturated heterocycles. The monoisotopic (exact) mass is 329 g/mol. The van der Waals surface area contributed by atoms with E-state index >= 15 is 0 Å². The summed E-state index contributed by atoms with van der Waals surface area (Å²) in [7, 11) is 0. The number of nitrogens with zero attached hydrogens (tertiary/aromatic N) is 3. The van der Waals surface area contributed by atoms with Gasteiger partial charge in [0.2, 0.25) is 0 Å². The number of rotatable bonds is 4. The third-order valence-corrected chi connectivity index (χ3v) is 5.35. The number of carbonyl (C=O) groups excluding carboxylic acids is 1. The molecule has 0 N–H and O–H groups in total. The smallest absolute Gasteiger partial charge is 0.286 e. The first-order valence-electron chi connectivity index (χ1n) is 8.33. The Bertz CT molecular complexity index is 626. The van der Waals surface area contributed by atoms with Crippen molar-refractivity contribution in [2.75, 3.05) is 31.1 Å². The second kappa shape index (κ2) is 7.21. The van der Waals surface area contributed by atoms with Crippen molar-refractivity contribution in [1.82, 2.24) is 4.90 Å². The molecule has 0 bridgehead atoms. The molecule has 0 atom stereocenters. The highest BCUT2D eigenvalue weighted by molar-refractivity contribution is 8.18. The molecular formula is C18H23N3OS. The van der Waals surface area contributed by atoms with E-state index in [2.05, 4.69) is 52.9 Å². The van der Waals surface area contributed by atoms with Crippen LogP contribution in [0.4, 0.5) is 5.69 Å². The number of anilines is 1. The molecule has 0 saturated carbocycles. The maximum atomic E-state index is 12.1. The summed E-state index contributed by atoms with van der Waals surface area (Å²) in [4.78, 5) is 21.6. The maximum Gasteiger partial charge on any atom is 0.286 e. The second-order valence-corrected chi connectivity index (χ2v) is 6.78. The van der Waals surface area contributed by atoms with Crippen molar-refractivity contribution in [3.05, 3.63) is 34.7 Å². The van der Waals surface area contributed by atoms with E-state index in [-0.39, 0.29) is 5.91 Å². The summed E-state index contributed by atoms with van der Waals surface area (Å²) in [5.41, 5.74) is 2.27. The van der Waals surface area contributed by atoms with Crippen LogP contribution in [0, 0.1) is 0 Å². The Morgan fingerprint density at radius 2 is 1.83 bits per heavy atom. The highest BCUT2D eigenvalue weighted by Crippen LogP contribution is 2.31. The molecule has 1 aromatic rings. The molecular weight excluding hydrogens is 306 g/mol. The summed E-state index contributed by atoms with van der Waals surface area (Å²) in [6.07, 6.45) is 4.34. The molecule has 4 nitrogen and oxygen atoms in total. The predicted octanol–water partition coefficient (Wildman–Crippen LogP) is 3.60. The van der Waals surface area contributed by atoms with E-state index in [0.717, 1.165) is 41.8 Å². The lowest BCUT2D eigenvalue weighted by Gasteiger charge is -2.20. The second-order valence-electron chi connectivity index (χ2n) is 5.77. The highest BCUT2D eigenvalue weighted by atomic mass is 32.2. The number of thioether (sulfide) groups is 1. The van der Waals surface area contributed by atoms with Gasteiger partial charge in [0, 0.05) is 31.9 Å². The Kier molecular flexibility index (Phi) is 5.06. The van der Waals surface area contributed by atoms with Gasteiger partial charge in [-0.1, -0.05) is 12.1 Å². The van der Waals surface area contributed by atoms with Crippen molar-refractivity contribution in [1.29, 1.82) is 0 Å². The first kappa shape index (κ1) is 16.1. The number of aliphatic imine (C=N–C) groups is 1. The minimum absolute atomic E-state index is 0.107. The topological polar surface area (TPSA) is 35.9 Å². The van der Waals surface area contributed by atoms with Gasteiger partial charge in [-0.25, -0.2) is 0 Å². The summed E-state index contributed by atoms with van der Waals surface area (Å²) < 4.78 is 0. The maximum absolute atomic E-state index is 12.1. The molecule has 2 aliphatic rings. The molecule has 3 rings (SSSR count). The molecule has 2 aliphatic heterocycles. The number of hydrogen-bond acceptors (Lipinski definition) is 4. The number of hydrogen-bond donors (Lipinski definition) is 0. The molecule has 122 valence electrons. The van der Waals surface area contributed by atoms with Crippen LogP contribution in [-0.4, -0.2) is 42.2 Å². The fourth-order valence-electron chi connectivity index (χ4n) is 2.96. The molecule has 0 unspecified atom stereocenters. The third-order valence-electron chi connectivity index (χ3n) is 4.31. The van der Waals surface area contributed by atoms with Crippen molar-refractivity contribution >= 4 is 34.6 Å². The summed E-state index contributed by atoms with van der Waals surface area (Å²) in [5, 5.41) is 0.874. The summed E-state index contributed by atoms with van der Waals surface area (Å²) in [5.74, 6) is -0.107. The summed E-state index contributed by atoms with van der Waals surface area (Å²) in [6, 6.07) is 8.38. The molecule has 5 heteroatoms. The first-order valence-corrected chi connectivity index (χ1v) is 9.15. The van der Waals surface area contributed by atoms with Crippen LogP contribution >= 0.6 is 11.8 Å². The lowest BCUT2D eigenvalue weighted by Crippen LogP contribution is -2.23. The van der Waals surface area contributed by atoms with Crippen LogP contribution < -0.4 is 4.90 Å². The molecule has 1 aromatic carbocycles. The van der Waals surface area contributed by atoms with Crippen LogP contribution in [0.25, 0.3) is 6.08 Å². The number of likely N-dealkylation sites (tertiary alicyclic amines) is 1. The van der Waals surface area contributed by atoms with E-state index in [0.29, 0.717) is 0 Å². The van der Waals surface area contributed by atoms with Crippen LogP contribution in [0.1, 0.15) is 32.3 Å². The van der Waals surface area contributed by atoms with Gasteiger partial charge in [-0.3, -0.25) is 4.79 Å². The van der Waals surface area contributed by atoms with Crippen molar-refractivity contribution < 1.29 is 4.79 Å². The van der Waals surface area contributed by atoms with E-state index in [1.54, 1.807) is 0 Å². The van der Waals surface area contributed by atoms with Crippen molar-refractivity contribution in [2.45, 2.75) is 26.7 Å². The number of amides is 1. The molecule has 0 aromatic heterocycles. The first-order chi connectivity index (χ1) is 11.2. The fraction of sp³-hybridized carbons (Fsp3) is 0.444. The predicted molar refractivity (Wildman–Crippen MR) is 98.8 cm³/mol. The summed E-state index contributed by atoms with van der Waals surface area (Å²) >= 11 is 1.51. The van der Waals surface area contributed by atoms with Gasteiger partial charge >= 0.3 is 0 Å². The Labute approximate surface area is 142 Å². The number of carbonyl (C=O) groups is 1. The van der Waals surface area contributed by atoms with Crippen molar-refractivity contribution in [3.8, 4) is 0 Å². The van der Waals surface area contributed by atoms with Crippen molar-refractivity contribution in [3.63, 3.8) is 0 Å². The highest BCUT2D eigenvalue weighted by Gasteiger charge is 2.27. The van der Waals surface area contributed by atoms with Crippen LogP contribution in [-0.2, 0) is 4.79 Å². The van der Waals surface area contributed by atoms with Gasteiger partial charge in [-0.15, -0.1) is 0 Å². The van der Waals surface area contributed by atoms with E-state index in [1.807, 2.05) is 6.08 Å². The van der Waals surface area contributed by atoms with E-state index in [1.165, 1.54) is 30.3 Å². The van der Waals surface area contributed by atoms with E-state index in [9.17, 15) is 4.79 Å². The van der Waals surface area contributed by atoms with Gasteiger partial charge in [0.25, 0.3) is 5.91 Å². The summed E-state index contributed by atoms with van der Waals surface area (Å²) in [6.45, 7) is 8.35. The van der Waals surface area contributed by atoms with Gasteiger partial charge in [-0.2, -0.15) is 4.99 Å². The van der Waals surface area contributed by atoms with Crippen LogP contribution in [0.5, 0.6) is 0 Å². The van der Waals surface area contributed by atoms with Crippen LogP contribution in [0.2, 0.25) is 0 Å². The molecule has 1 amide bonds. The zero-order valence-corrected chi connectivity index (χ0v) is 14.6. The molecule has 0 radical (unpaired) electrons. The Morgan fingerprint density at radius 3 is 2.43 bits per heavy atom. The lowest BCUT2D eigenvalue weighted by atomic mass is 10.2. The average Bonchev–Trinajstić information content (AvgIpc) is 3.21. The minimum atomic E-state index is -0.107. The van der Waals surface area contributed by atoms with Gasteiger partial charge in [-0.05, 0) is 62.2 Å². The third kappa shape index (κ3) is 3.61. The fourth-order valence-corrected chi connectivity index (χ4v) is 3.93. The lowest BCUT2D eigenvalue weighted by molar-refractivity contribution is -0.113. The van der Waals surface area contributed by atoms with E-state index < -0.39 is 0 Å².